The number of nitrogens with zero attached hydrogens (tertiary/aromatic N) is 4. The van der Waals surface area contributed by atoms with Gasteiger partial charge in [0.25, 0.3) is 6.33 Å². The molecule has 0 fully saturated rings. The molecule has 6 heteroatoms. The van der Waals surface area contributed by atoms with Gasteiger partial charge >= 0.3 is 0 Å². The number of aromatic nitrogens is 4. The Morgan fingerprint density at radius 3 is 1.83 bits per heavy atom. The zero-order valence-corrected chi connectivity index (χ0v) is 41.0. The van der Waals surface area contributed by atoms with E-state index >= 15 is 0 Å². The molecule has 9 rings (SSSR count). The first-order chi connectivity index (χ1) is 31.2. The fourth-order valence-corrected chi connectivity index (χ4v) is 9.28. The van der Waals surface area contributed by atoms with Crippen LogP contribution in [0, 0.1) is 5.82 Å². The number of rotatable bonds is 8. The molecule has 336 valence electrons. The van der Waals surface area contributed by atoms with E-state index < -0.39 is 0 Å². The Morgan fingerprint density at radius 1 is 0.545 bits per heavy atom. The second kappa shape index (κ2) is 16.4. The summed E-state index contributed by atoms with van der Waals surface area (Å²) in [6.45, 7) is 29.4. The van der Waals surface area contributed by atoms with Crippen molar-refractivity contribution in [3.63, 3.8) is 0 Å². The summed E-state index contributed by atoms with van der Waals surface area (Å²) >= 11 is 0. The lowest BCUT2D eigenvalue weighted by atomic mass is 9.86. The van der Waals surface area contributed by atoms with Crippen LogP contribution < -0.4 is 9.30 Å². The zero-order chi connectivity index (χ0) is 47.0. The number of hydrogen-bond donors (Lipinski definition) is 0. The van der Waals surface area contributed by atoms with Crippen LogP contribution in [0.3, 0.4) is 0 Å². The topological polar surface area (TPSA) is 35.9 Å². The molecule has 9 aromatic rings. The van der Waals surface area contributed by atoms with Crippen LogP contribution in [0.4, 0.5) is 4.39 Å². The molecule has 0 saturated carbocycles. The van der Waals surface area contributed by atoms with E-state index in [4.69, 9.17) is 9.72 Å². The van der Waals surface area contributed by atoms with Crippen LogP contribution in [0.15, 0.2) is 140 Å². The van der Waals surface area contributed by atoms with E-state index in [1.165, 1.54) is 38.9 Å². The Hall–Kier alpha value is -6.53. The molecule has 0 unspecified atom stereocenters. The highest BCUT2D eigenvalue weighted by molar-refractivity contribution is 6.09. The molecule has 0 saturated heterocycles. The molecule has 0 aliphatic rings. The standard InChI is InChI=1S/C60H64FN4O/c1-37(2)50-28-40(39-18-21-44(61)22-19-39)29-51(38(3)4)57(50)64-36-63(53-25-20-41(32-55(53)64)58(5,6)7)45-30-43(60(11,12)13)31-47(34-45)66-46-23-24-49-48-16-14-15-17-52(48)65(54(49)35-46)56-33-42(26-27-62-56)59(8,9)10/h14-38H,1-13H3/q+1. The molecular weight excluding hydrogens is 812 g/mol. The molecule has 5 nitrogen and oxygen atoms in total. The van der Waals surface area contributed by atoms with Crippen molar-refractivity contribution >= 4 is 32.8 Å². The summed E-state index contributed by atoms with van der Waals surface area (Å²) in [6.07, 6.45) is 4.20. The minimum absolute atomic E-state index is 0.0249. The summed E-state index contributed by atoms with van der Waals surface area (Å²) in [5.41, 5.74) is 14.6. The largest absolute Gasteiger partial charge is 0.457 e. The van der Waals surface area contributed by atoms with Gasteiger partial charge in [-0.2, -0.15) is 9.13 Å². The monoisotopic (exact) mass is 876 g/mol. The Morgan fingerprint density at radius 2 is 1.18 bits per heavy atom. The molecule has 0 radical (unpaired) electrons. The molecule has 0 spiro atoms. The van der Waals surface area contributed by atoms with Gasteiger partial charge in [-0.05, 0) is 135 Å². The third kappa shape index (κ3) is 8.31. The number of hydrogen-bond acceptors (Lipinski definition) is 2. The minimum Gasteiger partial charge on any atom is -0.457 e. The first-order valence-corrected chi connectivity index (χ1v) is 23.5. The van der Waals surface area contributed by atoms with Crippen LogP contribution in [0.5, 0.6) is 11.5 Å². The summed E-state index contributed by atoms with van der Waals surface area (Å²) in [7, 11) is 0. The van der Waals surface area contributed by atoms with Crippen molar-refractivity contribution < 1.29 is 13.7 Å². The number of ether oxygens (including phenoxy) is 1. The van der Waals surface area contributed by atoms with Crippen molar-refractivity contribution in [2.45, 2.75) is 118 Å². The molecule has 3 aromatic heterocycles. The summed E-state index contributed by atoms with van der Waals surface area (Å²) in [6, 6.07) is 44.4. The summed E-state index contributed by atoms with van der Waals surface area (Å²) < 4.78 is 28.1. The second-order valence-electron chi connectivity index (χ2n) is 21.9. The Labute approximate surface area is 390 Å². The molecule has 6 aromatic carbocycles. The normalized spacial score (nSPS) is 12.7. The molecule has 3 heterocycles. The molecule has 0 N–H and O–H groups in total. The number of imidazole rings is 1. The first-order valence-electron chi connectivity index (χ1n) is 23.5. The van der Waals surface area contributed by atoms with E-state index in [2.05, 4.69) is 213 Å². The molecular formula is C60H64FN4O+. The van der Waals surface area contributed by atoms with E-state index in [1.807, 2.05) is 18.3 Å². The van der Waals surface area contributed by atoms with Gasteiger partial charge in [0, 0.05) is 40.2 Å². The van der Waals surface area contributed by atoms with Gasteiger partial charge in [-0.1, -0.05) is 126 Å². The number of halogens is 1. The molecule has 0 aliphatic heterocycles. The minimum atomic E-state index is -0.231. The highest BCUT2D eigenvalue weighted by Crippen LogP contribution is 2.40. The predicted octanol–water partition coefficient (Wildman–Crippen LogP) is 16.1. The predicted molar refractivity (Wildman–Crippen MR) is 273 cm³/mol. The maximum atomic E-state index is 14.1. The van der Waals surface area contributed by atoms with E-state index in [-0.39, 0.29) is 33.9 Å². The summed E-state index contributed by atoms with van der Waals surface area (Å²) in [5, 5.41) is 2.32. The van der Waals surface area contributed by atoms with Gasteiger partial charge in [0.1, 0.15) is 34.5 Å². The quantitative estimate of drug-likeness (QED) is 0.143. The van der Waals surface area contributed by atoms with Crippen molar-refractivity contribution in [3.05, 3.63) is 174 Å². The molecule has 66 heavy (non-hydrogen) atoms. The van der Waals surface area contributed by atoms with Crippen LogP contribution in [-0.4, -0.2) is 14.1 Å². The summed E-state index contributed by atoms with van der Waals surface area (Å²) in [4.78, 5) is 4.92. The number of pyridine rings is 1. The molecule has 0 bridgehead atoms. The van der Waals surface area contributed by atoms with E-state index in [9.17, 15) is 4.39 Å². The van der Waals surface area contributed by atoms with Crippen molar-refractivity contribution in [1.82, 2.24) is 14.1 Å². The maximum Gasteiger partial charge on any atom is 0.255 e. The average Bonchev–Trinajstić information content (AvgIpc) is 3.80. The molecule has 0 aliphatic carbocycles. The van der Waals surface area contributed by atoms with Crippen molar-refractivity contribution in [3.8, 4) is 39.8 Å². The Balaban J connectivity index is 1.23. The SMILES string of the molecule is CC(C)c1cc(-c2ccc(F)cc2)cc(C(C)C)c1-[n+]1cn(-c2cc(Oc3ccc4c5ccccc5n(-c5cc(C(C)(C)C)ccn5)c4c3)cc(C(C)(C)C)c2)c2ccc(C(C)(C)C)cc21. The zero-order valence-electron chi connectivity index (χ0n) is 41.0. The van der Waals surface area contributed by atoms with Crippen molar-refractivity contribution in [1.29, 1.82) is 0 Å². The van der Waals surface area contributed by atoms with Crippen LogP contribution in [0.25, 0.3) is 61.2 Å². The highest BCUT2D eigenvalue weighted by atomic mass is 19.1. The third-order valence-electron chi connectivity index (χ3n) is 13.2. The Kier molecular flexibility index (Phi) is 11.1. The van der Waals surface area contributed by atoms with Gasteiger partial charge in [0.2, 0.25) is 0 Å². The third-order valence-corrected chi connectivity index (χ3v) is 13.2. The van der Waals surface area contributed by atoms with Gasteiger partial charge in [-0.15, -0.1) is 0 Å². The lowest BCUT2D eigenvalue weighted by molar-refractivity contribution is -0.569. The van der Waals surface area contributed by atoms with Gasteiger partial charge in [-0.3, -0.25) is 4.57 Å². The lowest BCUT2D eigenvalue weighted by Crippen LogP contribution is -2.33. The van der Waals surface area contributed by atoms with Crippen LogP contribution >= 0.6 is 0 Å². The fraction of sp³-hybridized carbons (Fsp3) is 0.300. The van der Waals surface area contributed by atoms with Crippen LogP contribution in [0.1, 0.15) is 130 Å². The smallest absolute Gasteiger partial charge is 0.255 e. The van der Waals surface area contributed by atoms with Gasteiger partial charge < -0.3 is 4.74 Å². The Bertz CT molecular complexity index is 3260. The van der Waals surface area contributed by atoms with E-state index in [0.717, 1.165) is 61.6 Å². The number of para-hydroxylation sites is 1. The molecule has 0 atom stereocenters. The maximum absolute atomic E-state index is 14.1. The fourth-order valence-electron chi connectivity index (χ4n) is 9.28. The average molecular weight is 876 g/mol. The van der Waals surface area contributed by atoms with Crippen LogP contribution in [0.2, 0.25) is 0 Å². The van der Waals surface area contributed by atoms with Crippen LogP contribution in [-0.2, 0) is 16.2 Å². The summed E-state index contributed by atoms with van der Waals surface area (Å²) in [5.74, 6) is 2.60. The second-order valence-corrected chi connectivity index (χ2v) is 21.9. The highest BCUT2D eigenvalue weighted by Gasteiger charge is 2.30. The molecule has 0 amide bonds. The van der Waals surface area contributed by atoms with Gasteiger partial charge in [0.05, 0.1) is 11.0 Å². The number of benzene rings is 6. The van der Waals surface area contributed by atoms with Gasteiger partial charge in [0.15, 0.2) is 11.0 Å². The van der Waals surface area contributed by atoms with E-state index in [1.54, 1.807) is 12.1 Å². The number of fused-ring (bicyclic) bond motifs is 4. The van der Waals surface area contributed by atoms with Gasteiger partial charge in [-0.25, -0.2) is 9.37 Å². The first kappa shape index (κ1) is 44.7. The van der Waals surface area contributed by atoms with Crippen molar-refractivity contribution in [2.75, 3.05) is 0 Å². The van der Waals surface area contributed by atoms with Crippen molar-refractivity contribution in [2.24, 2.45) is 0 Å². The lowest BCUT2D eigenvalue weighted by Gasteiger charge is -2.21. The van der Waals surface area contributed by atoms with E-state index in [0.29, 0.717) is 0 Å².